The Hall–Kier alpha value is -9.03. The Kier molecular flexibility index (Phi) is 12.4. The van der Waals surface area contributed by atoms with Gasteiger partial charge in [-0.1, -0.05) is 60.7 Å². The number of hydrogen-bond acceptors (Lipinski definition) is 17. The van der Waals surface area contributed by atoms with E-state index in [0.29, 0.717) is 50.0 Å². The summed E-state index contributed by atoms with van der Waals surface area (Å²) in [5.74, 6) is -0.697. The van der Waals surface area contributed by atoms with Crippen LogP contribution in [-0.4, -0.2) is 76.0 Å². The maximum absolute atomic E-state index is 13.2. The number of nitrogens with two attached hydrogens (primary N) is 1. The van der Waals surface area contributed by atoms with Gasteiger partial charge in [-0.15, -0.1) is 0 Å². The van der Waals surface area contributed by atoms with E-state index in [1.54, 1.807) is 111 Å². The highest BCUT2D eigenvalue weighted by Gasteiger charge is 2.40. The molecule has 0 saturated carbocycles. The van der Waals surface area contributed by atoms with Crippen LogP contribution in [0.3, 0.4) is 0 Å². The molecule has 2 atom stereocenters. The summed E-state index contributed by atoms with van der Waals surface area (Å²) < 4.78 is 50.2. The number of rotatable bonds is 9. The second-order valence-corrected chi connectivity index (χ2v) is 19.7. The Morgan fingerprint density at radius 2 is 1.03 bits per heavy atom. The fourth-order valence-corrected chi connectivity index (χ4v) is 9.68. The zero-order valence-electron chi connectivity index (χ0n) is 36.9. The number of fused-ring (bicyclic) bond motifs is 3. The summed E-state index contributed by atoms with van der Waals surface area (Å²) >= 11 is 0. The topological polar surface area (TPSA) is 292 Å². The van der Waals surface area contributed by atoms with Crippen LogP contribution >= 0.6 is 0 Å². The number of carbonyl (C=O) groups excluding carboxylic acids is 2. The minimum absolute atomic E-state index is 0.0260. The highest BCUT2D eigenvalue weighted by atomic mass is 32.2. The van der Waals surface area contributed by atoms with Crippen LogP contribution in [0.4, 0.5) is 11.6 Å². The normalized spacial score (nSPS) is 13.1. The highest BCUT2D eigenvalue weighted by molar-refractivity contribution is 7.91. The van der Waals surface area contributed by atoms with E-state index in [1.165, 1.54) is 18.5 Å². The van der Waals surface area contributed by atoms with E-state index < -0.39 is 43.6 Å². The maximum Gasteiger partial charge on any atom is 0.262 e. The van der Waals surface area contributed by atoms with Gasteiger partial charge in [0.1, 0.15) is 52.8 Å². The molecule has 0 aliphatic carbocycles. The Labute approximate surface area is 395 Å². The number of anilines is 2. The van der Waals surface area contributed by atoms with Gasteiger partial charge in [0.05, 0.1) is 77.9 Å². The van der Waals surface area contributed by atoms with Crippen molar-refractivity contribution in [3.63, 3.8) is 0 Å². The number of para-hydroxylation sites is 2. The fourth-order valence-electron chi connectivity index (χ4n) is 7.90. The van der Waals surface area contributed by atoms with Gasteiger partial charge >= 0.3 is 0 Å². The second kappa shape index (κ2) is 18.3. The Morgan fingerprint density at radius 1 is 0.580 bits per heavy atom. The number of benzene rings is 5. The Balaban J connectivity index is 0.000000186. The van der Waals surface area contributed by atoms with E-state index in [-0.39, 0.29) is 55.2 Å². The quantitative estimate of drug-likeness (QED) is 0.139. The van der Waals surface area contributed by atoms with Crippen LogP contribution in [0.2, 0.25) is 0 Å². The van der Waals surface area contributed by atoms with Crippen LogP contribution in [-0.2, 0) is 19.7 Å². The van der Waals surface area contributed by atoms with Gasteiger partial charge in [-0.2, -0.15) is 15.8 Å². The van der Waals surface area contributed by atoms with Crippen molar-refractivity contribution in [3.05, 3.63) is 155 Å². The van der Waals surface area contributed by atoms with Crippen LogP contribution in [0, 0.1) is 34.0 Å². The molecule has 1 aliphatic rings. The Bertz CT molecular complexity index is 3790. The SMILES string of the molecule is C[C@@H](c1nc2cccc(C#N)c2nc1-c1ccccc1S(C)(=O)=O)N1C(=O)c2ccccc2C1=O.C[C@H](Nc1ncnc(N)c1C#N)c1nc2cccc(C#N)c2nc1-c1ccccc1S(C)(=O)=O. The predicted octanol–water partition coefficient (Wildman–Crippen LogP) is 6.92. The number of sulfone groups is 2. The number of nitriles is 3. The summed E-state index contributed by atoms with van der Waals surface area (Å²) in [7, 11) is -7.26. The van der Waals surface area contributed by atoms with Crippen molar-refractivity contribution in [2.45, 2.75) is 35.7 Å². The predicted molar refractivity (Wildman–Crippen MR) is 254 cm³/mol. The number of carbonyl (C=O) groups is 2. The summed E-state index contributed by atoms with van der Waals surface area (Å²) in [6, 6.07) is 34.0. The molecule has 3 aromatic heterocycles. The van der Waals surface area contributed by atoms with Crippen LogP contribution in [0.15, 0.2) is 125 Å². The number of aromatic nitrogens is 6. The average molecular weight is 953 g/mol. The third-order valence-corrected chi connectivity index (χ3v) is 13.4. The van der Waals surface area contributed by atoms with E-state index in [9.17, 15) is 42.2 Å². The largest absolute Gasteiger partial charge is 0.382 e. The monoisotopic (exact) mass is 952 g/mol. The number of imide groups is 1. The molecule has 0 fully saturated rings. The molecule has 0 unspecified atom stereocenters. The van der Waals surface area contributed by atoms with Crippen LogP contribution in [0.25, 0.3) is 44.6 Å². The van der Waals surface area contributed by atoms with Crippen molar-refractivity contribution in [1.29, 1.82) is 15.8 Å². The van der Waals surface area contributed by atoms with Gasteiger partial charge < -0.3 is 11.1 Å². The molecule has 69 heavy (non-hydrogen) atoms. The molecule has 5 aromatic carbocycles. The molecule has 0 radical (unpaired) electrons. The van der Waals surface area contributed by atoms with Crippen molar-refractivity contribution >= 4 is 65.2 Å². The smallest absolute Gasteiger partial charge is 0.262 e. The molecule has 1 aliphatic heterocycles. The lowest BCUT2D eigenvalue weighted by Crippen LogP contribution is -2.33. The van der Waals surface area contributed by atoms with Crippen molar-refractivity contribution in [1.82, 2.24) is 34.8 Å². The summed E-state index contributed by atoms with van der Waals surface area (Å²) in [4.78, 5) is 54.3. The standard InChI is InChI=1S/C26H18N4O4S.C23H18N8O2S/c1-15(30-25(31)17-9-3-4-10-18(17)26(30)32)22-24(19-11-5-6-13-21(19)35(2,33)34)29-23-16(14-27)8-7-12-20(23)28-22;1-13(29-23-16(11-25)22(26)27-12-28-23)19-21(15-7-3-4-9-18(15)34(2,32)33)31-20-14(10-24)6-5-8-17(20)30-19/h3-13,15H,1-2H3;3-9,12-13H,1-2H3,(H3,26,27,28,29)/t15-;13-/m00/s1. The van der Waals surface area contributed by atoms with E-state index in [4.69, 9.17) is 20.7 Å². The third kappa shape index (κ3) is 8.74. The molecule has 4 heterocycles. The first-order valence-electron chi connectivity index (χ1n) is 20.7. The van der Waals surface area contributed by atoms with Gasteiger partial charge in [-0.05, 0) is 62.4 Å². The van der Waals surface area contributed by atoms with E-state index in [1.807, 2.05) is 6.07 Å². The summed E-state index contributed by atoms with van der Waals surface area (Å²) in [5.41, 5.74) is 10.3. The molecular weight excluding hydrogens is 917 g/mol. The average Bonchev–Trinajstić information content (AvgIpc) is 3.60. The molecular formula is C49H36N12O6S2. The molecule has 2 amide bonds. The first-order valence-corrected chi connectivity index (χ1v) is 24.5. The Morgan fingerprint density at radius 3 is 1.49 bits per heavy atom. The van der Waals surface area contributed by atoms with Gasteiger partial charge in [0.15, 0.2) is 19.7 Å². The van der Waals surface area contributed by atoms with Crippen molar-refractivity contribution in [2.24, 2.45) is 0 Å². The molecule has 0 bridgehead atoms. The summed E-state index contributed by atoms with van der Waals surface area (Å²) in [6.07, 6.45) is 3.44. The van der Waals surface area contributed by atoms with Gasteiger partial charge in [0, 0.05) is 23.6 Å². The number of amides is 2. The molecule has 20 heteroatoms. The van der Waals surface area contributed by atoms with Gasteiger partial charge in [-0.25, -0.2) is 46.7 Å². The maximum atomic E-state index is 13.2. The molecule has 0 spiro atoms. The highest BCUT2D eigenvalue weighted by Crippen LogP contribution is 2.38. The molecule has 0 saturated heterocycles. The van der Waals surface area contributed by atoms with E-state index in [2.05, 4.69) is 32.4 Å². The molecule has 340 valence electrons. The summed E-state index contributed by atoms with van der Waals surface area (Å²) in [6.45, 7) is 3.42. The van der Waals surface area contributed by atoms with Gasteiger partial charge in [0.2, 0.25) is 0 Å². The second-order valence-electron chi connectivity index (χ2n) is 15.7. The fraction of sp³-hybridized carbons (Fsp3) is 0.122. The van der Waals surface area contributed by atoms with E-state index >= 15 is 0 Å². The lowest BCUT2D eigenvalue weighted by atomic mass is 10.0. The first-order chi connectivity index (χ1) is 33.0. The minimum atomic E-state index is -3.66. The number of nitrogens with one attached hydrogen (secondary N) is 1. The lowest BCUT2D eigenvalue weighted by Gasteiger charge is -2.24. The molecule has 8 aromatic rings. The van der Waals surface area contributed by atoms with Gasteiger partial charge in [0.25, 0.3) is 11.8 Å². The van der Waals surface area contributed by atoms with Crippen LogP contribution in [0.5, 0.6) is 0 Å². The van der Waals surface area contributed by atoms with Crippen molar-refractivity contribution in [3.8, 4) is 40.7 Å². The van der Waals surface area contributed by atoms with Crippen molar-refractivity contribution < 1.29 is 26.4 Å². The molecule has 9 rings (SSSR count). The number of nitrogen functional groups attached to an aromatic ring is 1. The van der Waals surface area contributed by atoms with Crippen molar-refractivity contribution in [2.75, 3.05) is 23.6 Å². The zero-order chi connectivity index (χ0) is 49.4. The minimum Gasteiger partial charge on any atom is -0.382 e. The van der Waals surface area contributed by atoms with Crippen LogP contribution < -0.4 is 11.1 Å². The third-order valence-electron chi connectivity index (χ3n) is 11.1. The van der Waals surface area contributed by atoms with Crippen LogP contribution in [0.1, 0.15) is 74.7 Å². The number of hydrogen-bond donors (Lipinski definition) is 2. The molecule has 18 nitrogen and oxygen atoms in total. The van der Waals surface area contributed by atoms with Gasteiger partial charge in [-0.3, -0.25) is 14.5 Å². The number of nitrogens with zero attached hydrogens (tertiary/aromatic N) is 10. The zero-order valence-corrected chi connectivity index (χ0v) is 38.6. The molecule has 3 N–H and O–H groups in total. The first kappa shape index (κ1) is 46.5. The summed E-state index contributed by atoms with van der Waals surface area (Å²) in [5, 5.41) is 31.7. The lowest BCUT2D eigenvalue weighted by molar-refractivity contribution is 0.0592. The van der Waals surface area contributed by atoms with E-state index in [0.717, 1.165) is 17.4 Å².